The molecule has 0 aliphatic heterocycles. The number of carbonyl (C=O) groups is 1. The van der Waals surface area contributed by atoms with E-state index in [9.17, 15) is 4.79 Å². The van der Waals surface area contributed by atoms with E-state index in [0.29, 0.717) is 0 Å². The molecule has 0 aliphatic carbocycles. The third-order valence-corrected chi connectivity index (χ3v) is 3.41. The highest BCUT2D eigenvalue weighted by atomic mass is 79.9. The van der Waals surface area contributed by atoms with Crippen molar-refractivity contribution in [2.45, 2.75) is 45.2 Å². The molecule has 0 saturated heterocycles. The zero-order chi connectivity index (χ0) is 13.5. The molecule has 1 amide bonds. The molecule has 4 heteroatoms. The maximum Gasteiger partial charge on any atom is 0.237 e. The summed E-state index contributed by atoms with van der Waals surface area (Å²) in [6, 6.07) is 7.49. The van der Waals surface area contributed by atoms with Crippen LogP contribution in [0.4, 0.5) is 0 Å². The van der Waals surface area contributed by atoms with Crippen molar-refractivity contribution in [1.82, 2.24) is 5.32 Å². The lowest BCUT2D eigenvalue weighted by atomic mass is 10.1. The fraction of sp³-hybridized carbons (Fsp3) is 0.500. The van der Waals surface area contributed by atoms with E-state index in [1.54, 1.807) is 0 Å². The molecule has 1 aromatic rings. The van der Waals surface area contributed by atoms with Gasteiger partial charge in [0.15, 0.2) is 0 Å². The van der Waals surface area contributed by atoms with E-state index >= 15 is 0 Å². The minimum absolute atomic E-state index is 0.0253. The van der Waals surface area contributed by atoms with Gasteiger partial charge in [0.05, 0.1) is 12.1 Å². The fourth-order valence-corrected chi connectivity index (χ4v) is 2.15. The SMILES string of the molecule is CCCC[C@H](N)C(=O)NC(C)c1cccc(Br)c1. The Labute approximate surface area is 117 Å². The largest absolute Gasteiger partial charge is 0.348 e. The van der Waals surface area contributed by atoms with Crippen LogP contribution in [0.1, 0.15) is 44.7 Å². The number of hydrogen-bond acceptors (Lipinski definition) is 2. The summed E-state index contributed by atoms with van der Waals surface area (Å²) in [5.74, 6) is -0.0732. The molecule has 2 atom stereocenters. The summed E-state index contributed by atoms with van der Waals surface area (Å²) in [6.07, 6.45) is 2.79. The van der Waals surface area contributed by atoms with E-state index in [0.717, 1.165) is 29.3 Å². The number of rotatable bonds is 6. The summed E-state index contributed by atoms with van der Waals surface area (Å²) < 4.78 is 1.01. The third kappa shape index (κ3) is 4.78. The number of amides is 1. The van der Waals surface area contributed by atoms with Gasteiger partial charge in [-0.3, -0.25) is 4.79 Å². The Kier molecular flexibility index (Phi) is 6.36. The zero-order valence-corrected chi connectivity index (χ0v) is 12.5. The lowest BCUT2D eigenvalue weighted by Gasteiger charge is -2.18. The molecule has 0 radical (unpaired) electrons. The summed E-state index contributed by atoms with van der Waals surface area (Å²) in [7, 11) is 0. The molecule has 1 aromatic carbocycles. The summed E-state index contributed by atoms with van der Waals surface area (Å²) in [4.78, 5) is 11.9. The number of benzene rings is 1. The molecule has 0 saturated carbocycles. The number of hydrogen-bond donors (Lipinski definition) is 2. The van der Waals surface area contributed by atoms with Crippen LogP contribution in [0, 0.1) is 0 Å². The highest BCUT2D eigenvalue weighted by Crippen LogP contribution is 2.17. The minimum Gasteiger partial charge on any atom is -0.348 e. The highest BCUT2D eigenvalue weighted by molar-refractivity contribution is 9.10. The Morgan fingerprint density at radius 1 is 1.50 bits per heavy atom. The Balaban J connectivity index is 2.54. The van der Waals surface area contributed by atoms with Crippen molar-refractivity contribution in [3.05, 3.63) is 34.3 Å². The first-order valence-electron chi connectivity index (χ1n) is 6.36. The second kappa shape index (κ2) is 7.54. The zero-order valence-electron chi connectivity index (χ0n) is 10.9. The van der Waals surface area contributed by atoms with Gasteiger partial charge in [-0.1, -0.05) is 47.8 Å². The van der Waals surface area contributed by atoms with E-state index in [4.69, 9.17) is 5.73 Å². The van der Waals surface area contributed by atoms with Crippen LogP contribution < -0.4 is 11.1 Å². The smallest absolute Gasteiger partial charge is 0.237 e. The van der Waals surface area contributed by atoms with Crippen LogP contribution in [0.5, 0.6) is 0 Å². The first kappa shape index (κ1) is 15.2. The van der Waals surface area contributed by atoms with Gasteiger partial charge < -0.3 is 11.1 Å². The van der Waals surface area contributed by atoms with Crippen molar-refractivity contribution in [2.75, 3.05) is 0 Å². The van der Waals surface area contributed by atoms with Crippen molar-refractivity contribution in [2.24, 2.45) is 5.73 Å². The first-order valence-corrected chi connectivity index (χ1v) is 7.15. The molecule has 0 aromatic heterocycles. The van der Waals surface area contributed by atoms with Crippen molar-refractivity contribution in [1.29, 1.82) is 0 Å². The molecular formula is C14H21BrN2O. The third-order valence-electron chi connectivity index (χ3n) is 2.91. The van der Waals surface area contributed by atoms with Gasteiger partial charge in [0, 0.05) is 4.47 Å². The quantitative estimate of drug-likeness (QED) is 0.847. The molecule has 100 valence electrons. The van der Waals surface area contributed by atoms with Gasteiger partial charge >= 0.3 is 0 Å². The van der Waals surface area contributed by atoms with E-state index in [1.807, 2.05) is 31.2 Å². The number of unbranched alkanes of at least 4 members (excludes halogenated alkanes) is 1. The average Bonchev–Trinajstić information content (AvgIpc) is 2.35. The lowest BCUT2D eigenvalue weighted by molar-refractivity contribution is -0.123. The highest BCUT2D eigenvalue weighted by Gasteiger charge is 2.15. The Morgan fingerprint density at radius 3 is 2.83 bits per heavy atom. The fourth-order valence-electron chi connectivity index (χ4n) is 1.73. The van der Waals surface area contributed by atoms with Gasteiger partial charge in [0.25, 0.3) is 0 Å². The number of nitrogens with two attached hydrogens (primary N) is 1. The van der Waals surface area contributed by atoms with E-state index < -0.39 is 6.04 Å². The molecule has 18 heavy (non-hydrogen) atoms. The minimum atomic E-state index is -0.403. The monoisotopic (exact) mass is 312 g/mol. The predicted molar refractivity (Wildman–Crippen MR) is 78.2 cm³/mol. The molecule has 0 heterocycles. The summed E-state index contributed by atoms with van der Waals surface area (Å²) >= 11 is 3.42. The second-order valence-electron chi connectivity index (χ2n) is 4.53. The van der Waals surface area contributed by atoms with Crippen LogP contribution in [0.3, 0.4) is 0 Å². The molecule has 0 fully saturated rings. The molecule has 1 unspecified atom stereocenters. The van der Waals surface area contributed by atoms with Crippen LogP contribution in [0.25, 0.3) is 0 Å². The van der Waals surface area contributed by atoms with E-state index in [2.05, 4.69) is 28.2 Å². The molecule has 3 nitrogen and oxygen atoms in total. The van der Waals surface area contributed by atoms with Gasteiger partial charge in [-0.15, -0.1) is 0 Å². The Hall–Kier alpha value is -0.870. The van der Waals surface area contributed by atoms with E-state index in [-0.39, 0.29) is 11.9 Å². The Bertz CT molecular complexity index is 395. The normalized spacial score (nSPS) is 14.0. The van der Waals surface area contributed by atoms with Crippen LogP contribution in [-0.2, 0) is 4.79 Å². The topological polar surface area (TPSA) is 55.1 Å². The standard InChI is InChI=1S/C14H21BrN2O/c1-3-4-8-13(16)14(18)17-10(2)11-6-5-7-12(15)9-11/h5-7,9-10,13H,3-4,8,16H2,1-2H3,(H,17,18)/t10?,13-/m0/s1. The number of halogens is 1. The van der Waals surface area contributed by atoms with E-state index in [1.165, 1.54) is 0 Å². The molecular weight excluding hydrogens is 292 g/mol. The van der Waals surface area contributed by atoms with Crippen LogP contribution in [0.2, 0.25) is 0 Å². The van der Waals surface area contributed by atoms with Gasteiger partial charge in [-0.25, -0.2) is 0 Å². The molecule has 3 N–H and O–H groups in total. The maximum atomic E-state index is 11.9. The van der Waals surface area contributed by atoms with Crippen molar-refractivity contribution >= 4 is 21.8 Å². The average molecular weight is 313 g/mol. The van der Waals surface area contributed by atoms with Crippen LogP contribution in [0.15, 0.2) is 28.7 Å². The summed E-state index contributed by atoms with van der Waals surface area (Å²) in [5.41, 5.74) is 6.91. The molecule has 0 spiro atoms. The van der Waals surface area contributed by atoms with Gasteiger partial charge in [0.1, 0.15) is 0 Å². The number of nitrogens with one attached hydrogen (secondary N) is 1. The molecule has 0 bridgehead atoms. The summed E-state index contributed by atoms with van der Waals surface area (Å²) in [5, 5.41) is 2.95. The van der Waals surface area contributed by atoms with Crippen molar-refractivity contribution in [3.63, 3.8) is 0 Å². The predicted octanol–water partition coefficient (Wildman–Crippen LogP) is 3.14. The maximum absolute atomic E-state index is 11.9. The van der Waals surface area contributed by atoms with Crippen LogP contribution >= 0.6 is 15.9 Å². The van der Waals surface area contributed by atoms with Crippen LogP contribution in [-0.4, -0.2) is 11.9 Å². The first-order chi connectivity index (χ1) is 8.54. The van der Waals surface area contributed by atoms with Gasteiger partial charge in [-0.05, 0) is 31.0 Å². The summed E-state index contributed by atoms with van der Waals surface area (Å²) in [6.45, 7) is 4.06. The van der Waals surface area contributed by atoms with Gasteiger partial charge in [-0.2, -0.15) is 0 Å². The van der Waals surface area contributed by atoms with Crippen molar-refractivity contribution < 1.29 is 4.79 Å². The van der Waals surface area contributed by atoms with Gasteiger partial charge in [0.2, 0.25) is 5.91 Å². The lowest BCUT2D eigenvalue weighted by Crippen LogP contribution is -2.41. The second-order valence-corrected chi connectivity index (χ2v) is 5.45. The molecule has 0 aliphatic rings. The van der Waals surface area contributed by atoms with Crippen molar-refractivity contribution in [3.8, 4) is 0 Å². The number of carbonyl (C=O) groups excluding carboxylic acids is 1. The molecule has 1 rings (SSSR count). The Morgan fingerprint density at radius 2 is 2.22 bits per heavy atom.